The number of pyridine rings is 2. The van der Waals surface area contributed by atoms with Gasteiger partial charge in [-0.15, -0.1) is 5.10 Å². The molecule has 2 saturated carbocycles. The van der Waals surface area contributed by atoms with E-state index in [4.69, 9.17) is 14.5 Å². The Morgan fingerprint density at radius 3 is 2.69 bits per heavy atom. The molecule has 10 nitrogen and oxygen atoms in total. The lowest BCUT2D eigenvalue weighted by atomic mass is 9.87. The molecular weight excluding hydrogens is 460 g/mol. The van der Waals surface area contributed by atoms with E-state index in [1.807, 2.05) is 38.2 Å². The number of aryl methyl sites for hydroxylation is 2. The Labute approximate surface area is 210 Å². The lowest BCUT2D eigenvalue weighted by Crippen LogP contribution is -2.29. The molecule has 190 valence electrons. The van der Waals surface area contributed by atoms with E-state index in [0.29, 0.717) is 42.6 Å². The van der Waals surface area contributed by atoms with Crippen molar-refractivity contribution in [2.24, 2.45) is 13.0 Å². The van der Waals surface area contributed by atoms with Crippen molar-refractivity contribution >= 4 is 11.8 Å². The van der Waals surface area contributed by atoms with Crippen LogP contribution in [0.2, 0.25) is 0 Å². The number of carbonyl (C=O) groups is 1. The van der Waals surface area contributed by atoms with Gasteiger partial charge in [-0.05, 0) is 70.1 Å². The van der Waals surface area contributed by atoms with Gasteiger partial charge in [-0.2, -0.15) is 0 Å². The first-order valence-corrected chi connectivity index (χ1v) is 12.6. The van der Waals surface area contributed by atoms with Gasteiger partial charge in [-0.25, -0.2) is 14.6 Å². The SMILES string of the molecule is Cc1nc(-c2nnn(C)c2CNc2cc(OC3CCC3)ccn2)ccc1O[C@H]1CCC[C@H](C(=O)O)C1. The fraction of sp³-hybridized carbons (Fsp3) is 0.500. The molecule has 0 bridgehead atoms. The van der Waals surface area contributed by atoms with E-state index in [1.165, 1.54) is 6.42 Å². The van der Waals surface area contributed by atoms with Gasteiger partial charge in [0.25, 0.3) is 0 Å². The van der Waals surface area contributed by atoms with E-state index >= 15 is 0 Å². The van der Waals surface area contributed by atoms with Crippen LogP contribution in [0.4, 0.5) is 5.82 Å². The quantitative estimate of drug-likeness (QED) is 0.453. The number of carboxylic acids is 1. The smallest absolute Gasteiger partial charge is 0.306 e. The number of rotatable bonds is 9. The van der Waals surface area contributed by atoms with Crippen LogP contribution in [0.5, 0.6) is 11.5 Å². The Balaban J connectivity index is 1.26. The summed E-state index contributed by atoms with van der Waals surface area (Å²) in [5.74, 6) is 1.13. The summed E-state index contributed by atoms with van der Waals surface area (Å²) in [6, 6.07) is 7.55. The van der Waals surface area contributed by atoms with Crippen LogP contribution in [0.1, 0.15) is 56.3 Å². The molecule has 5 rings (SSSR count). The highest BCUT2D eigenvalue weighted by Crippen LogP contribution is 2.31. The highest BCUT2D eigenvalue weighted by Gasteiger charge is 2.28. The molecule has 2 N–H and O–H groups in total. The molecular formula is C26H32N6O4. The number of nitrogens with zero attached hydrogens (tertiary/aromatic N) is 5. The van der Waals surface area contributed by atoms with Crippen molar-refractivity contribution in [3.63, 3.8) is 0 Å². The molecule has 0 spiro atoms. The summed E-state index contributed by atoms with van der Waals surface area (Å²) in [7, 11) is 1.85. The summed E-state index contributed by atoms with van der Waals surface area (Å²) in [4.78, 5) is 20.5. The number of aliphatic carboxylic acids is 1. The summed E-state index contributed by atoms with van der Waals surface area (Å²) < 4.78 is 13.9. The zero-order valence-corrected chi connectivity index (χ0v) is 20.7. The second-order valence-corrected chi connectivity index (χ2v) is 9.63. The lowest BCUT2D eigenvalue weighted by molar-refractivity contribution is -0.143. The van der Waals surface area contributed by atoms with E-state index in [9.17, 15) is 9.90 Å². The van der Waals surface area contributed by atoms with Crippen LogP contribution < -0.4 is 14.8 Å². The first-order chi connectivity index (χ1) is 17.5. The van der Waals surface area contributed by atoms with Crippen LogP contribution >= 0.6 is 0 Å². The lowest BCUT2D eigenvalue weighted by Gasteiger charge is -2.27. The summed E-state index contributed by atoms with van der Waals surface area (Å²) in [6.07, 6.45) is 8.32. The molecule has 0 unspecified atom stereocenters. The summed E-state index contributed by atoms with van der Waals surface area (Å²) in [5.41, 5.74) is 2.99. The van der Waals surface area contributed by atoms with E-state index in [-0.39, 0.29) is 12.0 Å². The van der Waals surface area contributed by atoms with Crippen LogP contribution in [0, 0.1) is 12.8 Å². The van der Waals surface area contributed by atoms with Gasteiger partial charge < -0.3 is 19.9 Å². The molecule has 3 heterocycles. The van der Waals surface area contributed by atoms with Gasteiger partial charge in [0, 0.05) is 19.3 Å². The minimum Gasteiger partial charge on any atom is -0.490 e. The molecule has 0 aromatic carbocycles. The Hall–Kier alpha value is -3.69. The standard InChI is InChI=1S/C26H32N6O4/c1-16-23(36-19-8-3-5-17(13-19)26(33)34)10-9-21(29-16)25-22(32(2)31-30-25)15-28-24-14-20(11-12-27-24)35-18-6-4-7-18/h9-12,14,17-19H,3-8,13,15H2,1-2H3,(H,27,28)(H,33,34)/t17-,19-/m0/s1. The maximum Gasteiger partial charge on any atom is 0.306 e. The number of anilines is 1. The number of hydrogen-bond acceptors (Lipinski definition) is 8. The number of hydrogen-bond donors (Lipinski definition) is 2. The Kier molecular flexibility index (Phi) is 7.02. The summed E-state index contributed by atoms with van der Waals surface area (Å²) in [5, 5.41) is 21.3. The minimum atomic E-state index is -0.745. The molecule has 3 aromatic heterocycles. The largest absolute Gasteiger partial charge is 0.490 e. The normalized spacial score (nSPS) is 19.9. The van der Waals surface area contributed by atoms with E-state index in [2.05, 4.69) is 20.6 Å². The average molecular weight is 493 g/mol. The Bertz CT molecular complexity index is 1220. The number of nitrogens with one attached hydrogen (secondary N) is 1. The van der Waals surface area contributed by atoms with Crippen molar-refractivity contribution in [1.82, 2.24) is 25.0 Å². The van der Waals surface area contributed by atoms with E-state index in [0.717, 1.165) is 48.6 Å². The summed E-state index contributed by atoms with van der Waals surface area (Å²) in [6.45, 7) is 2.36. The fourth-order valence-corrected chi connectivity index (χ4v) is 4.67. The Morgan fingerprint density at radius 1 is 1.14 bits per heavy atom. The van der Waals surface area contributed by atoms with Crippen molar-refractivity contribution in [2.45, 2.75) is 70.6 Å². The minimum absolute atomic E-state index is 0.112. The van der Waals surface area contributed by atoms with Gasteiger partial charge in [0.15, 0.2) is 0 Å². The van der Waals surface area contributed by atoms with Crippen molar-refractivity contribution in [3.8, 4) is 22.9 Å². The predicted octanol–water partition coefficient (Wildman–Crippen LogP) is 4.15. The zero-order chi connectivity index (χ0) is 25.1. The van der Waals surface area contributed by atoms with Gasteiger partial charge in [-0.3, -0.25) is 4.79 Å². The highest BCUT2D eigenvalue weighted by atomic mass is 16.5. The third-order valence-electron chi connectivity index (χ3n) is 7.02. The van der Waals surface area contributed by atoms with Crippen molar-refractivity contribution in [1.29, 1.82) is 0 Å². The second-order valence-electron chi connectivity index (χ2n) is 9.63. The molecule has 0 aliphatic heterocycles. The van der Waals surface area contributed by atoms with Gasteiger partial charge >= 0.3 is 5.97 Å². The molecule has 2 fully saturated rings. The van der Waals surface area contributed by atoms with Crippen LogP contribution in [0.3, 0.4) is 0 Å². The van der Waals surface area contributed by atoms with Crippen LogP contribution in [-0.2, 0) is 18.4 Å². The monoisotopic (exact) mass is 492 g/mol. The Morgan fingerprint density at radius 2 is 1.94 bits per heavy atom. The topological polar surface area (TPSA) is 124 Å². The molecule has 2 atom stereocenters. The zero-order valence-electron chi connectivity index (χ0n) is 20.7. The number of ether oxygens (including phenoxy) is 2. The first kappa shape index (κ1) is 24.0. The van der Waals surface area contributed by atoms with Gasteiger partial charge in [0.05, 0.1) is 41.8 Å². The van der Waals surface area contributed by atoms with Gasteiger partial charge in [0.2, 0.25) is 0 Å². The van der Waals surface area contributed by atoms with Gasteiger partial charge in [-0.1, -0.05) is 5.21 Å². The second kappa shape index (κ2) is 10.5. The van der Waals surface area contributed by atoms with Crippen LogP contribution in [0.25, 0.3) is 11.4 Å². The van der Waals surface area contributed by atoms with Crippen molar-refractivity contribution < 1.29 is 19.4 Å². The van der Waals surface area contributed by atoms with Crippen molar-refractivity contribution in [3.05, 3.63) is 41.9 Å². The fourth-order valence-electron chi connectivity index (χ4n) is 4.67. The molecule has 2 aliphatic rings. The molecule has 0 saturated heterocycles. The molecule has 0 amide bonds. The third kappa shape index (κ3) is 5.42. The van der Waals surface area contributed by atoms with Crippen LogP contribution in [-0.4, -0.2) is 48.2 Å². The predicted molar refractivity (Wildman–Crippen MR) is 133 cm³/mol. The average Bonchev–Trinajstić information content (AvgIpc) is 3.22. The maximum absolute atomic E-state index is 11.4. The van der Waals surface area contributed by atoms with E-state index < -0.39 is 5.97 Å². The molecule has 36 heavy (non-hydrogen) atoms. The molecule has 10 heteroatoms. The highest BCUT2D eigenvalue weighted by molar-refractivity contribution is 5.70. The molecule has 2 aliphatic carbocycles. The van der Waals surface area contributed by atoms with Crippen molar-refractivity contribution in [2.75, 3.05) is 5.32 Å². The molecule has 3 aromatic rings. The maximum atomic E-state index is 11.4. The number of aromatic nitrogens is 5. The van der Waals surface area contributed by atoms with E-state index in [1.54, 1.807) is 10.9 Å². The first-order valence-electron chi connectivity index (χ1n) is 12.6. The summed E-state index contributed by atoms with van der Waals surface area (Å²) >= 11 is 0. The number of carboxylic acid groups (broad SMARTS) is 1. The molecule has 0 radical (unpaired) electrons. The van der Waals surface area contributed by atoms with Gasteiger partial charge in [0.1, 0.15) is 23.0 Å². The van der Waals surface area contributed by atoms with Crippen LogP contribution in [0.15, 0.2) is 30.5 Å². The third-order valence-corrected chi connectivity index (χ3v) is 7.02.